The quantitative estimate of drug-likeness (QED) is 0.461. The minimum Gasteiger partial charge on any atom is -0.440 e. The lowest BCUT2D eigenvalue weighted by Crippen LogP contribution is -2.37. The van der Waals surface area contributed by atoms with E-state index in [-0.39, 0.29) is 16.5 Å². The number of benzene rings is 2. The Balaban J connectivity index is 1.75. The van der Waals surface area contributed by atoms with Gasteiger partial charge in [-0.3, -0.25) is 4.79 Å². The summed E-state index contributed by atoms with van der Waals surface area (Å²) in [6.45, 7) is 9.67. The first-order valence-electron chi connectivity index (χ1n) is 11.2. The Labute approximate surface area is 191 Å². The lowest BCUT2D eigenvalue weighted by molar-refractivity contribution is -0.137. The average molecular weight is 459 g/mol. The smallest absolute Gasteiger partial charge is 0.418 e. The molecule has 7 heteroatoms. The maximum atomic E-state index is 13.5. The zero-order valence-corrected chi connectivity index (χ0v) is 19.3. The molecule has 1 aromatic heterocycles. The standard InChI is InChI=1S/C26H29F3N2O2/c1-16-13-18(17(2)30-21-8-6-5-7-20(21)26(27,28)29)24-19(14-16)22(32)15-23(33-24)31-11-9-25(3,4)10-12-31/h5-8,13-15,17,30H,9-12H2,1-4H3. The van der Waals surface area contributed by atoms with Crippen LogP contribution in [0.1, 0.15) is 56.3 Å². The van der Waals surface area contributed by atoms with Gasteiger partial charge in [0.2, 0.25) is 0 Å². The first kappa shape index (κ1) is 23.2. The third-order valence-electron chi connectivity index (χ3n) is 6.49. The van der Waals surface area contributed by atoms with Gasteiger partial charge in [0.15, 0.2) is 11.3 Å². The molecule has 0 aliphatic carbocycles. The van der Waals surface area contributed by atoms with Gasteiger partial charge in [0.05, 0.1) is 17.0 Å². The Morgan fingerprint density at radius 2 is 1.76 bits per heavy atom. The number of para-hydroxylation sites is 1. The molecule has 1 aliphatic heterocycles. The maximum absolute atomic E-state index is 13.5. The highest BCUT2D eigenvalue weighted by molar-refractivity contribution is 5.82. The molecule has 1 saturated heterocycles. The van der Waals surface area contributed by atoms with Crippen LogP contribution in [0.5, 0.6) is 0 Å². The van der Waals surface area contributed by atoms with E-state index >= 15 is 0 Å². The van der Waals surface area contributed by atoms with Crippen LogP contribution >= 0.6 is 0 Å². The summed E-state index contributed by atoms with van der Waals surface area (Å²) in [6.07, 6.45) is -2.50. The van der Waals surface area contributed by atoms with E-state index in [0.717, 1.165) is 37.6 Å². The van der Waals surface area contributed by atoms with E-state index in [0.29, 0.717) is 22.4 Å². The topological polar surface area (TPSA) is 45.5 Å². The number of anilines is 2. The number of alkyl halides is 3. The highest BCUT2D eigenvalue weighted by atomic mass is 19.4. The average Bonchev–Trinajstić information content (AvgIpc) is 2.73. The van der Waals surface area contributed by atoms with Gasteiger partial charge in [0, 0.05) is 30.4 Å². The van der Waals surface area contributed by atoms with Crippen LogP contribution in [0.2, 0.25) is 0 Å². The molecule has 0 bridgehead atoms. The zero-order chi connectivity index (χ0) is 24.0. The summed E-state index contributed by atoms with van der Waals surface area (Å²) in [5.41, 5.74) is 1.27. The number of aryl methyl sites for hydroxylation is 1. The summed E-state index contributed by atoms with van der Waals surface area (Å²) < 4.78 is 46.7. The Morgan fingerprint density at radius 3 is 2.42 bits per heavy atom. The zero-order valence-electron chi connectivity index (χ0n) is 19.3. The van der Waals surface area contributed by atoms with Crippen molar-refractivity contribution in [3.05, 3.63) is 69.4 Å². The number of halogens is 3. The van der Waals surface area contributed by atoms with Crippen molar-refractivity contribution >= 4 is 22.5 Å². The molecule has 1 aliphatic rings. The van der Waals surface area contributed by atoms with Crippen LogP contribution in [0.15, 0.2) is 51.7 Å². The monoisotopic (exact) mass is 458 g/mol. The minimum absolute atomic E-state index is 0.0103. The summed E-state index contributed by atoms with van der Waals surface area (Å²) in [5.74, 6) is 0.510. The first-order chi connectivity index (χ1) is 15.4. The van der Waals surface area contributed by atoms with Gasteiger partial charge in [-0.25, -0.2) is 0 Å². The molecule has 1 unspecified atom stereocenters. The lowest BCUT2D eigenvalue weighted by atomic mass is 9.83. The number of nitrogens with zero attached hydrogens (tertiary/aromatic N) is 1. The molecule has 1 fully saturated rings. The molecule has 1 atom stereocenters. The van der Waals surface area contributed by atoms with E-state index in [4.69, 9.17) is 4.42 Å². The molecule has 1 N–H and O–H groups in total. The van der Waals surface area contributed by atoms with Crippen LogP contribution in [0.4, 0.5) is 24.7 Å². The van der Waals surface area contributed by atoms with E-state index in [1.54, 1.807) is 19.1 Å². The second-order valence-corrected chi connectivity index (χ2v) is 9.74. The van der Waals surface area contributed by atoms with E-state index in [9.17, 15) is 18.0 Å². The normalized spacial score (nSPS) is 17.2. The third-order valence-corrected chi connectivity index (χ3v) is 6.49. The van der Waals surface area contributed by atoms with E-state index < -0.39 is 17.8 Å². The van der Waals surface area contributed by atoms with Crippen molar-refractivity contribution < 1.29 is 17.6 Å². The molecule has 2 aromatic carbocycles. The number of hydrogen-bond acceptors (Lipinski definition) is 4. The van der Waals surface area contributed by atoms with E-state index in [2.05, 4.69) is 24.1 Å². The molecule has 0 spiro atoms. The number of nitrogens with one attached hydrogen (secondary N) is 1. The van der Waals surface area contributed by atoms with Gasteiger partial charge < -0.3 is 14.6 Å². The lowest BCUT2D eigenvalue weighted by Gasteiger charge is -2.37. The van der Waals surface area contributed by atoms with Crippen molar-refractivity contribution in [1.29, 1.82) is 0 Å². The molecule has 33 heavy (non-hydrogen) atoms. The van der Waals surface area contributed by atoms with Crippen LogP contribution in [-0.2, 0) is 6.18 Å². The number of hydrogen-bond donors (Lipinski definition) is 1. The predicted octanol–water partition coefficient (Wildman–Crippen LogP) is 6.92. The van der Waals surface area contributed by atoms with Crippen molar-refractivity contribution in [1.82, 2.24) is 0 Å². The second kappa shape index (κ2) is 8.43. The van der Waals surface area contributed by atoms with Gasteiger partial charge in [-0.05, 0) is 55.9 Å². The molecular weight excluding hydrogens is 429 g/mol. The molecule has 0 amide bonds. The fourth-order valence-electron chi connectivity index (χ4n) is 4.40. The summed E-state index contributed by atoms with van der Waals surface area (Å²) in [4.78, 5) is 15.1. The predicted molar refractivity (Wildman–Crippen MR) is 126 cm³/mol. The van der Waals surface area contributed by atoms with Crippen LogP contribution in [-0.4, -0.2) is 13.1 Å². The third kappa shape index (κ3) is 4.87. The summed E-state index contributed by atoms with van der Waals surface area (Å²) in [7, 11) is 0. The summed E-state index contributed by atoms with van der Waals surface area (Å²) >= 11 is 0. The van der Waals surface area contributed by atoms with Crippen LogP contribution in [0.25, 0.3) is 11.0 Å². The molecule has 3 aromatic rings. The Hall–Kier alpha value is -2.96. The molecule has 176 valence electrons. The Morgan fingerprint density at radius 1 is 1.09 bits per heavy atom. The number of piperidine rings is 1. The Kier molecular flexibility index (Phi) is 5.93. The van der Waals surface area contributed by atoms with E-state index in [1.165, 1.54) is 18.2 Å². The molecular formula is C26H29F3N2O2. The van der Waals surface area contributed by atoms with Crippen molar-refractivity contribution in [2.75, 3.05) is 23.3 Å². The van der Waals surface area contributed by atoms with Gasteiger partial charge in [-0.15, -0.1) is 0 Å². The SMILES string of the molecule is Cc1cc(C(C)Nc2ccccc2C(F)(F)F)c2oc(N3CCC(C)(C)CC3)cc(=O)c2c1. The van der Waals surface area contributed by atoms with Crippen LogP contribution < -0.4 is 15.6 Å². The fourth-order valence-corrected chi connectivity index (χ4v) is 4.40. The minimum atomic E-state index is -4.47. The van der Waals surface area contributed by atoms with Gasteiger partial charge in [0.1, 0.15) is 5.58 Å². The molecule has 4 nitrogen and oxygen atoms in total. The van der Waals surface area contributed by atoms with Crippen molar-refractivity contribution in [2.45, 2.75) is 52.8 Å². The molecule has 0 radical (unpaired) electrons. The largest absolute Gasteiger partial charge is 0.440 e. The van der Waals surface area contributed by atoms with Gasteiger partial charge in [0.25, 0.3) is 0 Å². The van der Waals surface area contributed by atoms with Crippen molar-refractivity contribution in [3.63, 3.8) is 0 Å². The molecule has 2 heterocycles. The summed E-state index contributed by atoms with van der Waals surface area (Å²) in [5, 5.41) is 3.42. The van der Waals surface area contributed by atoms with Gasteiger partial charge in [-0.1, -0.05) is 32.0 Å². The fraction of sp³-hybridized carbons (Fsp3) is 0.423. The second-order valence-electron chi connectivity index (χ2n) is 9.74. The van der Waals surface area contributed by atoms with Gasteiger partial charge >= 0.3 is 6.18 Å². The number of rotatable bonds is 4. The number of fused-ring (bicyclic) bond motifs is 1. The summed E-state index contributed by atoms with van der Waals surface area (Å²) in [6, 6.07) is 10.0. The van der Waals surface area contributed by atoms with Crippen LogP contribution in [0, 0.1) is 12.3 Å². The first-order valence-corrected chi connectivity index (χ1v) is 11.2. The van der Waals surface area contributed by atoms with Crippen molar-refractivity contribution in [2.24, 2.45) is 5.41 Å². The van der Waals surface area contributed by atoms with E-state index in [1.807, 2.05) is 13.0 Å². The van der Waals surface area contributed by atoms with Gasteiger partial charge in [-0.2, -0.15) is 13.2 Å². The van der Waals surface area contributed by atoms with Crippen LogP contribution in [0.3, 0.4) is 0 Å². The molecule has 0 saturated carbocycles. The highest BCUT2D eigenvalue weighted by Gasteiger charge is 2.33. The maximum Gasteiger partial charge on any atom is 0.418 e. The Bertz CT molecular complexity index is 1220. The highest BCUT2D eigenvalue weighted by Crippen LogP contribution is 2.38. The van der Waals surface area contributed by atoms with Crippen molar-refractivity contribution in [3.8, 4) is 0 Å². The molecule has 4 rings (SSSR count).